The van der Waals surface area contributed by atoms with E-state index in [0.29, 0.717) is 23.4 Å². The van der Waals surface area contributed by atoms with Crippen LogP contribution >= 0.6 is 31.9 Å². The summed E-state index contributed by atoms with van der Waals surface area (Å²) in [6.45, 7) is 8.45. The molecule has 0 radical (unpaired) electrons. The average molecular weight is 553 g/mol. The van der Waals surface area contributed by atoms with Gasteiger partial charge in [-0.2, -0.15) is 5.10 Å². The lowest BCUT2D eigenvalue weighted by molar-refractivity contribution is 0.0549. The second kappa shape index (κ2) is 9.26. The summed E-state index contributed by atoms with van der Waals surface area (Å²) < 4.78 is 8.76. The largest absolute Gasteiger partial charge is 0.445 e. The monoisotopic (exact) mass is 551 g/mol. The summed E-state index contributed by atoms with van der Waals surface area (Å²) in [6, 6.07) is 10.2. The van der Waals surface area contributed by atoms with Crippen LogP contribution in [-0.4, -0.2) is 38.7 Å². The zero-order valence-electron chi connectivity index (χ0n) is 18.5. The predicted octanol–water partition coefficient (Wildman–Crippen LogP) is 6.46. The molecule has 1 fully saturated rings. The third-order valence-corrected chi connectivity index (χ3v) is 9.22. The standard InChI is InChI=1S/C24H31Br2N3O2/c1-4-18-20-19(22(26)27-29(20)16(2)3)14-24(21(18)25)10-12-28(13-11-24)23(30)31-15-17-8-6-5-7-9-17/h5-9,16,18,21H,4,10-15H2,1-3H3. The summed E-state index contributed by atoms with van der Waals surface area (Å²) in [5.41, 5.74) is 3.89. The van der Waals surface area contributed by atoms with Gasteiger partial charge < -0.3 is 9.64 Å². The molecule has 7 heteroatoms. The molecule has 168 valence electrons. The van der Waals surface area contributed by atoms with Gasteiger partial charge >= 0.3 is 6.09 Å². The molecule has 1 spiro atoms. The second-order valence-corrected chi connectivity index (χ2v) is 10.9. The van der Waals surface area contributed by atoms with E-state index >= 15 is 0 Å². The fourth-order valence-corrected chi connectivity index (χ4v) is 6.97. The first-order valence-corrected chi connectivity index (χ1v) is 12.9. The maximum absolute atomic E-state index is 12.6. The van der Waals surface area contributed by atoms with E-state index in [1.165, 1.54) is 11.3 Å². The van der Waals surface area contributed by atoms with Crippen LogP contribution in [0.2, 0.25) is 0 Å². The van der Waals surface area contributed by atoms with E-state index in [9.17, 15) is 4.79 Å². The molecular weight excluding hydrogens is 522 g/mol. The molecule has 0 bridgehead atoms. The van der Waals surface area contributed by atoms with Crippen molar-refractivity contribution in [2.45, 2.75) is 69.8 Å². The highest BCUT2D eigenvalue weighted by Crippen LogP contribution is 2.54. The van der Waals surface area contributed by atoms with Crippen LogP contribution in [0.15, 0.2) is 34.9 Å². The van der Waals surface area contributed by atoms with Gasteiger partial charge in [-0.3, -0.25) is 4.68 Å². The minimum Gasteiger partial charge on any atom is -0.445 e. The van der Waals surface area contributed by atoms with Gasteiger partial charge in [0.25, 0.3) is 0 Å². The third kappa shape index (κ3) is 4.32. The number of hydrogen-bond donors (Lipinski definition) is 0. The van der Waals surface area contributed by atoms with Gasteiger partial charge in [0.2, 0.25) is 0 Å². The van der Waals surface area contributed by atoms with E-state index in [4.69, 9.17) is 9.84 Å². The molecule has 1 aliphatic heterocycles. The lowest BCUT2D eigenvalue weighted by Gasteiger charge is -2.49. The molecular formula is C24H31Br2N3O2. The van der Waals surface area contributed by atoms with Crippen molar-refractivity contribution >= 4 is 38.0 Å². The van der Waals surface area contributed by atoms with Crippen molar-refractivity contribution in [2.24, 2.45) is 5.41 Å². The van der Waals surface area contributed by atoms with E-state index in [-0.39, 0.29) is 11.5 Å². The minimum atomic E-state index is -0.206. The summed E-state index contributed by atoms with van der Waals surface area (Å²) in [5, 5.41) is 4.83. The van der Waals surface area contributed by atoms with Crippen molar-refractivity contribution in [1.29, 1.82) is 0 Å². The van der Waals surface area contributed by atoms with Gasteiger partial charge in [-0.15, -0.1) is 0 Å². The summed E-state index contributed by atoms with van der Waals surface area (Å²) in [7, 11) is 0. The van der Waals surface area contributed by atoms with E-state index in [0.717, 1.165) is 48.9 Å². The average Bonchev–Trinajstić information content (AvgIpc) is 3.10. The van der Waals surface area contributed by atoms with Crippen LogP contribution < -0.4 is 0 Å². The first-order chi connectivity index (χ1) is 14.9. The highest BCUT2D eigenvalue weighted by Gasteiger charge is 2.50. The lowest BCUT2D eigenvalue weighted by atomic mass is 9.63. The molecule has 2 heterocycles. The van der Waals surface area contributed by atoms with E-state index in [1.807, 2.05) is 35.2 Å². The van der Waals surface area contributed by atoms with Crippen LogP contribution in [0, 0.1) is 5.41 Å². The summed E-state index contributed by atoms with van der Waals surface area (Å²) in [6.07, 6.45) is 3.80. The van der Waals surface area contributed by atoms with Gasteiger partial charge in [-0.1, -0.05) is 53.2 Å². The van der Waals surface area contributed by atoms with Gasteiger partial charge in [0, 0.05) is 41.1 Å². The van der Waals surface area contributed by atoms with Gasteiger partial charge in [0.15, 0.2) is 0 Å². The van der Waals surface area contributed by atoms with Crippen LogP contribution in [0.25, 0.3) is 0 Å². The van der Waals surface area contributed by atoms with Crippen LogP contribution in [0.1, 0.15) is 68.8 Å². The van der Waals surface area contributed by atoms with Crippen LogP contribution in [-0.2, 0) is 17.8 Å². The second-order valence-electron chi connectivity index (χ2n) is 9.18. The lowest BCUT2D eigenvalue weighted by Crippen LogP contribution is -2.51. The molecule has 31 heavy (non-hydrogen) atoms. The van der Waals surface area contributed by atoms with Gasteiger partial charge in [-0.05, 0) is 66.4 Å². The van der Waals surface area contributed by atoms with Gasteiger partial charge in [0.05, 0.1) is 0 Å². The maximum Gasteiger partial charge on any atom is 0.410 e. The fourth-order valence-electron chi connectivity index (χ4n) is 5.22. The molecule has 5 nitrogen and oxygen atoms in total. The normalized spacial score (nSPS) is 22.6. The Kier molecular flexibility index (Phi) is 6.82. The number of aromatic nitrogens is 2. The molecule has 4 rings (SSSR count). The van der Waals surface area contributed by atoms with Crippen molar-refractivity contribution < 1.29 is 9.53 Å². The summed E-state index contributed by atoms with van der Waals surface area (Å²) in [4.78, 5) is 14.9. The molecule has 2 aromatic rings. The number of benzene rings is 1. The van der Waals surface area contributed by atoms with Crippen molar-refractivity contribution in [3.63, 3.8) is 0 Å². The Bertz CT molecular complexity index is 920. The number of nitrogens with zero attached hydrogens (tertiary/aromatic N) is 3. The highest BCUT2D eigenvalue weighted by molar-refractivity contribution is 9.10. The Labute approximate surface area is 201 Å². The zero-order valence-corrected chi connectivity index (χ0v) is 21.7. The summed E-state index contributed by atoms with van der Waals surface area (Å²) in [5.74, 6) is 0.418. The Morgan fingerprint density at radius 1 is 1.26 bits per heavy atom. The van der Waals surface area contributed by atoms with Crippen LogP contribution in [0.3, 0.4) is 0 Å². The molecule has 0 N–H and O–H groups in total. The number of likely N-dealkylation sites (tertiary alicyclic amines) is 1. The molecule has 2 aliphatic rings. The Balaban J connectivity index is 1.47. The van der Waals surface area contributed by atoms with Crippen molar-refractivity contribution in [3.8, 4) is 0 Å². The molecule has 2 atom stereocenters. The molecule has 1 aliphatic carbocycles. The van der Waals surface area contributed by atoms with Gasteiger partial charge in [-0.25, -0.2) is 4.79 Å². The van der Waals surface area contributed by atoms with E-state index < -0.39 is 0 Å². The number of amides is 1. The first-order valence-electron chi connectivity index (χ1n) is 11.2. The number of piperidine rings is 1. The SMILES string of the molecule is CCC1c2c(c(Br)nn2C(C)C)CC2(CCN(C(=O)OCc3ccccc3)CC2)C1Br. The van der Waals surface area contributed by atoms with E-state index in [1.54, 1.807) is 0 Å². The number of carbonyl (C=O) groups is 1. The quantitative estimate of drug-likeness (QED) is 0.409. The van der Waals surface area contributed by atoms with E-state index in [2.05, 4.69) is 57.3 Å². The third-order valence-electron chi connectivity index (χ3n) is 6.97. The number of alkyl halides is 1. The number of carbonyl (C=O) groups excluding carboxylic acids is 1. The predicted molar refractivity (Wildman–Crippen MR) is 130 cm³/mol. The number of rotatable bonds is 4. The highest BCUT2D eigenvalue weighted by atomic mass is 79.9. The molecule has 1 aromatic carbocycles. The van der Waals surface area contributed by atoms with Crippen LogP contribution in [0.4, 0.5) is 4.79 Å². The number of fused-ring (bicyclic) bond motifs is 1. The van der Waals surface area contributed by atoms with Crippen LogP contribution in [0.5, 0.6) is 0 Å². The topological polar surface area (TPSA) is 47.4 Å². The first kappa shape index (κ1) is 22.8. The van der Waals surface area contributed by atoms with Gasteiger partial charge in [0.1, 0.15) is 11.2 Å². The fraction of sp³-hybridized carbons (Fsp3) is 0.583. The number of hydrogen-bond acceptors (Lipinski definition) is 3. The molecule has 0 saturated carbocycles. The van der Waals surface area contributed by atoms with Crippen molar-refractivity contribution in [1.82, 2.24) is 14.7 Å². The Morgan fingerprint density at radius 2 is 1.94 bits per heavy atom. The Morgan fingerprint density at radius 3 is 2.55 bits per heavy atom. The molecule has 1 saturated heterocycles. The zero-order chi connectivity index (χ0) is 22.2. The van der Waals surface area contributed by atoms with Crippen molar-refractivity contribution in [3.05, 3.63) is 51.8 Å². The Hall–Kier alpha value is -1.34. The number of halogens is 2. The molecule has 2 unspecified atom stereocenters. The molecule has 1 aromatic heterocycles. The number of ether oxygens (including phenoxy) is 1. The smallest absolute Gasteiger partial charge is 0.410 e. The summed E-state index contributed by atoms with van der Waals surface area (Å²) >= 11 is 7.87. The minimum absolute atomic E-state index is 0.136. The van der Waals surface area contributed by atoms with Crippen molar-refractivity contribution in [2.75, 3.05) is 13.1 Å². The molecule has 1 amide bonds. The maximum atomic E-state index is 12.6.